The van der Waals surface area contributed by atoms with Crippen LogP contribution < -0.4 is 0 Å². The Morgan fingerprint density at radius 1 is 0.957 bits per heavy atom. The van der Waals surface area contributed by atoms with Gasteiger partial charge in [-0.3, -0.25) is 9.97 Å². The maximum Gasteiger partial charge on any atom is 0.195 e. The SMILES string of the molecule is CO[C@@]1(c2ccncc2)[C@@H](S)O[C@@]2(Cl)COC(c3ccccc3)O[C@@H]2C1(c1cccnc1)n1cc(-c2cc(F)c(F)c(F)c2)nn1. The molecule has 0 bridgehead atoms. The number of ether oxygens (including phenoxy) is 4. The molecule has 5 heterocycles. The van der Waals surface area contributed by atoms with Gasteiger partial charge in [-0.2, -0.15) is 0 Å². The first-order valence-electron chi connectivity index (χ1n) is 14.1. The molecule has 2 fully saturated rings. The Hall–Kier alpha value is -3.85. The third-order valence-corrected chi connectivity index (χ3v) is 9.29. The molecule has 2 aromatic carbocycles. The number of pyridine rings is 2. The molecule has 6 atom stereocenters. The van der Waals surface area contributed by atoms with Crippen molar-refractivity contribution >= 4 is 24.2 Å². The standard InChI is InChI=1S/C32H25ClF3N5O4S/c1-42-32(21-9-12-37-13-10-21)29(46)45-30(33)18-43-27(19-6-3-2-4-7-19)44-28(30)31(32,22-8-5-11-38-16-22)41-17-25(39-40-41)20-14-23(34)26(36)24(35)15-20/h2-17,27-29,46H,18H2,1H3/t27?,28-,29+,30-,31?,32-/m0/s1. The molecule has 0 N–H and O–H groups in total. The van der Waals surface area contributed by atoms with Crippen LogP contribution >= 0.6 is 24.2 Å². The fourth-order valence-electron chi connectivity index (χ4n) is 6.46. The minimum atomic E-state index is -1.69. The molecular formula is C32H25ClF3N5O4S. The van der Waals surface area contributed by atoms with E-state index in [9.17, 15) is 13.2 Å². The van der Waals surface area contributed by atoms with Gasteiger partial charge in [0.15, 0.2) is 39.9 Å². The zero-order chi connectivity index (χ0) is 32.1. The molecule has 0 spiro atoms. The van der Waals surface area contributed by atoms with E-state index in [4.69, 9.17) is 43.2 Å². The van der Waals surface area contributed by atoms with Gasteiger partial charge in [-0.05, 0) is 35.9 Å². The molecule has 0 radical (unpaired) electrons. The highest BCUT2D eigenvalue weighted by molar-refractivity contribution is 7.80. The topological polar surface area (TPSA) is 93.4 Å². The number of fused-ring (bicyclic) bond motifs is 1. The van der Waals surface area contributed by atoms with Gasteiger partial charge in [0, 0.05) is 48.6 Å². The van der Waals surface area contributed by atoms with Crippen molar-refractivity contribution < 1.29 is 32.1 Å². The van der Waals surface area contributed by atoms with Crippen molar-refractivity contribution in [1.29, 1.82) is 0 Å². The van der Waals surface area contributed by atoms with Gasteiger partial charge in [-0.1, -0.05) is 53.2 Å². The van der Waals surface area contributed by atoms with Crippen LogP contribution in [-0.4, -0.2) is 55.3 Å². The summed E-state index contributed by atoms with van der Waals surface area (Å²) in [6.07, 6.45) is 5.73. The van der Waals surface area contributed by atoms with Crippen LogP contribution in [0.2, 0.25) is 0 Å². The van der Waals surface area contributed by atoms with E-state index in [2.05, 4.69) is 20.3 Å². The summed E-state index contributed by atoms with van der Waals surface area (Å²) < 4.78 is 70.0. The summed E-state index contributed by atoms with van der Waals surface area (Å²) in [5, 5.41) is 7.09. The quantitative estimate of drug-likeness (QED) is 0.139. The highest BCUT2D eigenvalue weighted by atomic mass is 35.5. The number of hydrogen-bond acceptors (Lipinski definition) is 9. The monoisotopic (exact) mass is 667 g/mol. The normalized spacial score (nSPS) is 29.3. The van der Waals surface area contributed by atoms with Gasteiger partial charge in [0.2, 0.25) is 0 Å². The minimum Gasteiger partial charge on any atom is -0.367 e. The minimum absolute atomic E-state index is 0.0230. The molecule has 2 unspecified atom stereocenters. The van der Waals surface area contributed by atoms with Crippen LogP contribution in [0.15, 0.2) is 97.7 Å². The van der Waals surface area contributed by atoms with Gasteiger partial charge >= 0.3 is 0 Å². The molecule has 2 aliphatic rings. The fraction of sp³-hybridized carbons (Fsp3) is 0.250. The molecule has 14 heteroatoms. The summed E-state index contributed by atoms with van der Waals surface area (Å²) in [6, 6.07) is 17.9. The molecule has 0 aliphatic carbocycles. The van der Waals surface area contributed by atoms with Crippen molar-refractivity contribution in [2.24, 2.45) is 0 Å². The third-order valence-electron chi connectivity index (χ3n) is 8.42. The van der Waals surface area contributed by atoms with Crippen LogP contribution in [0.25, 0.3) is 11.3 Å². The number of aromatic nitrogens is 5. The molecule has 7 rings (SSSR count). The molecule has 236 valence electrons. The molecule has 0 amide bonds. The molecule has 2 saturated heterocycles. The number of thiol groups is 1. The summed E-state index contributed by atoms with van der Waals surface area (Å²) in [5.74, 6) is -4.36. The van der Waals surface area contributed by atoms with Crippen molar-refractivity contribution in [2.75, 3.05) is 13.7 Å². The zero-order valence-corrected chi connectivity index (χ0v) is 25.7. The Morgan fingerprint density at radius 3 is 2.37 bits per heavy atom. The van der Waals surface area contributed by atoms with Crippen molar-refractivity contribution in [3.05, 3.63) is 132 Å². The Labute approximate surface area is 271 Å². The Morgan fingerprint density at radius 2 is 1.70 bits per heavy atom. The number of benzene rings is 2. The van der Waals surface area contributed by atoms with E-state index in [1.165, 1.54) is 18.0 Å². The highest BCUT2D eigenvalue weighted by Crippen LogP contribution is 2.62. The second-order valence-corrected chi connectivity index (χ2v) is 11.9. The van der Waals surface area contributed by atoms with Crippen LogP contribution in [-0.2, 0) is 30.1 Å². The average molecular weight is 668 g/mol. The van der Waals surface area contributed by atoms with Gasteiger partial charge in [-0.15, -0.1) is 17.7 Å². The second-order valence-electron chi connectivity index (χ2n) is 10.8. The van der Waals surface area contributed by atoms with E-state index in [-0.39, 0.29) is 17.9 Å². The third kappa shape index (κ3) is 4.56. The van der Waals surface area contributed by atoms with Crippen LogP contribution in [0.3, 0.4) is 0 Å². The smallest absolute Gasteiger partial charge is 0.195 e. The van der Waals surface area contributed by atoms with Crippen LogP contribution in [0.4, 0.5) is 13.2 Å². The number of hydrogen-bond donors (Lipinski definition) is 1. The van der Waals surface area contributed by atoms with E-state index in [0.717, 1.165) is 12.1 Å². The summed E-state index contributed by atoms with van der Waals surface area (Å²) >= 11 is 12.3. The average Bonchev–Trinajstić information content (AvgIpc) is 3.58. The van der Waals surface area contributed by atoms with Gasteiger partial charge in [0.05, 0.1) is 12.8 Å². The highest BCUT2D eigenvalue weighted by Gasteiger charge is 2.75. The molecule has 2 aliphatic heterocycles. The van der Waals surface area contributed by atoms with Gasteiger partial charge in [0.25, 0.3) is 0 Å². The van der Waals surface area contributed by atoms with Crippen molar-refractivity contribution in [2.45, 2.75) is 34.0 Å². The molecule has 0 saturated carbocycles. The molecule has 5 aromatic rings. The van der Waals surface area contributed by atoms with E-state index < -0.39 is 51.5 Å². The first-order valence-corrected chi connectivity index (χ1v) is 14.9. The maximum atomic E-state index is 14.4. The predicted octanol–water partition coefficient (Wildman–Crippen LogP) is 5.77. The molecular weight excluding hydrogens is 643 g/mol. The maximum absolute atomic E-state index is 14.4. The summed E-state index contributed by atoms with van der Waals surface area (Å²) in [7, 11) is 1.48. The van der Waals surface area contributed by atoms with Crippen LogP contribution in [0, 0.1) is 17.5 Å². The van der Waals surface area contributed by atoms with E-state index in [1.54, 1.807) is 49.1 Å². The van der Waals surface area contributed by atoms with Crippen LogP contribution in [0.5, 0.6) is 0 Å². The Balaban J connectivity index is 1.55. The van der Waals surface area contributed by atoms with Crippen molar-refractivity contribution in [1.82, 2.24) is 25.0 Å². The molecule has 9 nitrogen and oxygen atoms in total. The Kier molecular flexibility index (Phi) is 7.86. The number of nitrogens with zero attached hydrogens (tertiary/aromatic N) is 5. The number of rotatable bonds is 6. The van der Waals surface area contributed by atoms with Crippen LogP contribution in [0.1, 0.15) is 23.0 Å². The number of alkyl halides is 1. The second kappa shape index (κ2) is 11.7. The fourth-order valence-corrected chi connectivity index (χ4v) is 7.52. The van der Waals surface area contributed by atoms with Gasteiger partial charge in [0.1, 0.15) is 17.2 Å². The van der Waals surface area contributed by atoms with E-state index >= 15 is 0 Å². The van der Waals surface area contributed by atoms with Gasteiger partial charge in [-0.25, -0.2) is 17.9 Å². The van der Waals surface area contributed by atoms with Crippen molar-refractivity contribution in [3.8, 4) is 11.3 Å². The summed E-state index contributed by atoms with van der Waals surface area (Å²) in [4.78, 5) is 8.61. The number of methoxy groups -OCH3 is 1. The first kappa shape index (κ1) is 30.8. The Bertz CT molecular complexity index is 1840. The molecule has 3 aromatic heterocycles. The van der Waals surface area contributed by atoms with E-state index in [0.29, 0.717) is 16.7 Å². The molecule has 46 heavy (non-hydrogen) atoms. The summed E-state index contributed by atoms with van der Waals surface area (Å²) in [6.45, 7) is -0.149. The first-order chi connectivity index (χ1) is 22.2. The predicted molar refractivity (Wildman–Crippen MR) is 162 cm³/mol. The lowest BCUT2D eigenvalue weighted by Crippen LogP contribution is -2.77. The summed E-state index contributed by atoms with van der Waals surface area (Å²) in [5.41, 5.74) is -2.69. The lowest BCUT2D eigenvalue weighted by molar-refractivity contribution is -0.361. The van der Waals surface area contributed by atoms with E-state index in [1.807, 2.05) is 30.3 Å². The van der Waals surface area contributed by atoms with Crippen molar-refractivity contribution in [3.63, 3.8) is 0 Å². The number of halogens is 4. The zero-order valence-electron chi connectivity index (χ0n) is 24.0. The largest absolute Gasteiger partial charge is 0.367 e. The lowest BCUT2D eigenvalue weighted by Gasteiger charge is -2.63. The van der Waals surface area contributed by atoms with Gasteiger partial charge < -0.3 is 18.9 Å². The lowest BCUT2D eigenvalue weighted by atomic mass is 9.64.